The number of nitrogens with zero attached hydrogens (tertiary/aromatic N) is 2. The Morgan fingerprint density at radius 1 is 1.21 bits per heavy atom. The normalized spacial score (nSPS) is 11.1. The molecule has 0 aliphatic heterocycles. The van der Waals surface area contributed by atoms with Crippen LogP contribution in [0.4, 0.5) is 5.13 Å². The molecule has 0 radical (unpaired) electrons. The third kappa shape index (κ3) is 5.47. The van der Waals surface area contributed by atoms with Gasteiger partial charge in [-0.3, -0.25) is 9.69 Å². The lowest BCUT2D eigenvalue weighted by Gasteiger charge is -2.20. The van der Waals surface area contributed by atoms with Crippen LogP contribution in [0.3, 0.4) is 0 Å². The van der Waals surface area contributed by atoms with E-state index in [1.165, 1.54) is 9.80 Å². The number of thioether (sulfide) groups is 1. The number of nitrogens with one attached hydrogen (secondary N) is 1. The highest BCUT2D eigenvalue weighted by Gasteiger charge is 2.20. The zero-order valence-electron chi connectivity index (χ0n) is 16.5. The first kappa shape index (κ1) is 20.6. The molecule has 5 nitrogen and oxygen atoms in total. The Labute approximate surface area is 174 Å². The van der Waals surface area contributed by atoms with Crippen LogP contribution in [0.2, 0.25) is 0 Å². The van der Waals surface area contributed by atoms with Crippen molar-refractivity contribution < 1.29 is 14.4 Å². The van der Waals surface area contributed by atoms with Crippen molar-refractivity contribution in [2.24, 2.45) is 0 Å². The second-order valence-electron chi connectivity index (χ2n) is 6.74. The summed E-state index contributed by atoms with van der Waals surface area (Å²) in [5.41, 5.74) is 0.869. The predicted octanol–water partition coefficient (Wildman–Crippen LogP) is 2.96. The molecule has 1 N–H and O–H groups in total. The number of carbonyl (C=O) groups is 1. The average Bonchev–Trinajstić information content (AvgIpc) is 3.11. The van der Waals surface area contributed by atoms with Gasteiger partial charge in [0, 0.05) is 23.1 Å². The Hall–Kier alpha value is -2.09. The Morgan fingerprint density at radius 2 is 2.00 bits per heavy atom. The van der Waals surface area contributed by atoms with Gasteiger partial charge >= 0.3 is 0 Å². The Kier molecular flexibility index (Phi) is 7.30. The second kappa shape index (κ2) is 9.91. The van der Waals surface area contributed by atoms with Crippen molar-refractivity contribution in [1.82, 2.24) is 4.98 Å². The molecule has 0 aliphatic rings. The van der Waals surface area contributed by atoms with E-state index in [4.69, 9.17) is 9.72 Å². The number of quaternary nitrogens is 1. The molecule has 0 spiro atoms. The van der Waals surface area contributed by atoms with Crippen LogP contribution in [0, 0.1) is 0 Å². The first-order valence-corrected chi connectivity index (χ1v) is 11.1. The lowest BCUT2D eigenvalue weighted by atomic mass is 10.3. The van der Waals surface area contributed by atoms with Gasteiger partial charge in [-0.05, 0) is 24.3 Å². The van der Waals surface area contributed by atoms with Crippen molar-refractivity contribution in [2.75, 3.05) is 44.9 Å². The number of hydrogen-bond donors (Lipinski definition) is 1. The summed E-state index contributed by atoms with van der Waals surface area (Å²) in [4.78, 5) is 22.0. The summed E-state index contributed by atoms with van der Waals surface area (Å²) in [6, 6.07) is 16.0. The number of hydrogen-bond acceptors (Lipinski definition) is 5. The predicted molar refractivity (Wildman–Crippen MR) is 118 cm³/mol. The highest BCUT2D eigenvalue weighted by Crippen LogP contribution is 2.31. The maximum Gasteiger partial charge on any atom is 0.229 e. The van der Waals surface area contributed by atoms with E-state index in [-0.39, 0.29) is 5.91 Å². The van der Waals surface area contributed by atoms with Crippen LogP contribution in [-0.2, 0) is 4.79 Å². The Bertz CT molecular complexity index is 912. The molecule has 0 fully saturated rings. The van der Waals surface area contributed by atoms with Crippen LogP contribution in [0.5, 0.6) is 5.75 Å². The van der Waals surface area contributed by atoms with Gasteiger partial charge < -0.3 is 9.64 Å². The molecule has 28 heavy (non-hydrogen) atoms. The fourth-order valence-corrected chi connectivity index (χ4v) is 4.56. The largest absolute Gasteiger partial charge is 0.497 e. The van der Waals surface area contributed by atoms with Crippen molar-refractivity contribution in [3.05, 3.63) is 48.5 Å². The van der Waals surface area contributed by atoms with E-state index >= 15 is 0 Å². The molecule has 3 aromatic rings. The van der Waals surface area contributed by atoms with Gasteiger partial charge in [0.2, 0.25) is 5.91 Å². The van der Waals surface area contributed by atoms with Crippen molar-refractivity contribution >= 4 is 44.4 Å². The van der Waals surface area contributed by atoms with Crippen LogP contribution in [0.1, 0.15) is 6.42 Å². The highest BCUT2D eigenvalue weighted by atomic mass is 32.2. The van der Waals surface area contributed by atoms with Crippen LogP contribution < -0.4 is 14.5 Å². The van der Waals surface area contributed by atoms with Crippen molar-refractivity contribution in [1.29, 1.82) is 0 Å². The molecule has 0 aliphatic carbocycles. The maximum absolute atomic E-state index is 13.0. The number of thiazole rings is 1. The van der Waals surface area contributed by atoms with Gasteiger partial charge in [-0.2, -0.15) is 0 Å². The van der Waals surface area contributed by atoms with Gasteiger partial charge in [0.05, 0.1) is 44.5 Å². The van der Waals surface area contributed by atoms with Gasteiger partial charge in [-0.15, -0.1) is 11.8 Å². The molecule has 0 bridgehead atoms. The summed E-state index contributed by atoms with van der Waals surface area (Å²) < 4.78 is 6.35. The minimum Gasteiger partial charge on any atom is -0.497 e. The number of methoxy groups -OCH3 is 1. The van der Waals surface area contributed by atoms with Crippen molar-refractivity contribution in [3.8, 4) is 5.75 Å². The molecular weight excluding hydrogens is 390 g/mol. The molecule has 3 rings (SSSR count). The number of ether oxygens (including phenoxy) is 1. The molecular formula is C21H26N3O2S2+. The summed E-state index contributed by atoms with van der Waals surface area (Å²) in [6.07, 6.45) is 0.488. The first-order valence-electron chi connectivity index (χ1n) is 9.28. The number of benzene rings is 2. The van der Waals surface area contributed by atoms with Crippen LogP contribution >= 0.6 is 23.1 Å². The highest BCUT2D eigenvalue weighted by molar-refractivity contribution is 7.99. The lowest BCUT2D eigenvalue weighted by molar-refractivity contribution is -0.856. The average molecular weight is 417 g/mol. The second-order valence-corrected chi connectivity index (χ2v) is 8.92. The number of amides is 1. The standard InChI is InChI=1S/C21H25N3O2S2/c1-23(2)12-13-24(20(25)11-14-27-17-7-5-4-6-8-17)21-22-18-15-16(26-3)9-10-19(18)28-21/h4-10,15H,11-14H2,1-3H3/p+1. The van der Waals surface area contributed by atoms with E-state index in [1.807, 2.05) is 41.3 Å². The molecule has 0 saturated heterocycles. The van der Waals surface area contributed by atoms with Gasteiger partial charge in [0.25, 0.3) is 0 Å². The number of fused-ring (bicyclic) bond motifs is 1. The van der Waals surface area contributed by atoms with E-state index in [9.17, 15) is 4.79 Å². The quantitative estimate of drug-likeness (QED) is 0.545. The van der Waals surface area contributed by atoms with Crippen molar-refractivity contribution in [3.63, 3.8) is 0 Å². The first-order chi connectivity index (χ1) is 13.6. The Balaban J connectivity index is 1.73. The van der Waals surface area contributed by atoms with Gasteiger partial charge in [0.15, 0.2) is 5.13 Å². The number of aromatic nitrogens is 1. The van der Waals surface area contributed by atoms with Crippen LogP contribution in [-0.4, -0.2) is 50.9 Å². The SMILES string of the molecule is COc1ccc2sc(N(CC[NH+](C)C)C(=O)CCSc3ccccc3)nc2c1. The molecule has 1 heterocycles. The molecule has 0 saturated carbocycles. The number of anilines is 1. The molecule has 0 unspecified atom stereocenters. The fourth-order valence-electron chi connectivity index (χ4n) is 2.71. The van der Waals surface area contributed by atoms with E-state index in [2.05, 4.69) is 26.2 Å². The number of rotatable bonds is 9. The molecule has 0 atom stereocenters. The third-order valence-electron chi connectivity index (χ3n) is 4.28. The number of likely N-dealkylation sites (N-methyl/N-ethyl adjacent to an activating group) is 1. The summed E-state index contributed by atoms with van der Waals surface area (Å²) in [5.74, 6) is 1.65. The molecule has 2 aromatic carbocycles. The van der Waals surface area contributed by atoms with E-state index in [1.54, 1.807) is 30.2 Å². The molecule has 7 heteroatoms. The van der Waals surface area contributed by atoms with Crippen LogP contribution in [0.15, 0.2) is 53.4 Å². The summed E-state index contributed by atoms with van der Waals surface area (Å²) in [6.45, 7) is 1.53. The lowest BCUT2D eigenvalue weighted by Crippen LogP contribution is -3.06. The molecule has 1 amide bonds. The zero-order chi connectivity index (χ0) is 19.9. The minimum absolute atomic E-state index is 0.121. The zero-order valence-corrected chi connectivity index (χ0v) is 18.1. The fraction of sp³-hybridized carbons (Fsp3) is 0.333. The smallest absolute Gasteiger partial charge is 0.229 e. The van der Waals surface area contributed by atoms with E-state index in [0.29, 0.717) is 13.0 Å². The Morgan fingerprint density at radius 3 is 2.71 bits per heavy atom. The van der Waals surface area contributed by atoms with E-state index < -0.39 is 0 Å². The summed E-state index contributed by atoms with van der Waals surface area (Å²) in [7, 11) is 5.84. The van der Waals surface area contributed by atoms with Gasteiger partial charge in [-0.1, -0.05) is 29.5 Å². The summed E-state index contributed by atoms with van der Waals surface area (Å²) >= 11 is 3.27. The molecule has 148 valence electrons. The minimum atomic E-state index is 0.121. The van der Waals surface area contributed by atoms with Crippen LogP contribution in [0.25, 0.3) is 10.2 Å². The van der Waals surface area contributed by atoms with E-state index in [0.717, 1.165) is 33.4 Å². The van der Waals surface area contributed by atoms with Gasteiger partial charge in [0.1, 0.15) is 5.75 Å². The number of carbonyl (C=O) groups excluding carboxylic acids is 1. The summed E-state index contributed by atoms with van der Waals surface area (Å²) in [5, 5.41) is 0.763. The topological polar surface area (TPSA) is 46.9 Å². The van der Waals surface area contributed by atoms with Crippen molar-refractivity contribution in [2.45, 2.75) is 11.3 Å². The third-order valence-corrected chi connectivity index (χ3v) is 6.35. The maximum atomic E-state index is 13.0. The monoisotopic (exact) mass is 416 g/mol. The molecule has 1 aromatic heterocycles. The van der Waals surface area contributed by atoms with Gasteiger partial charge in [-0.25, -0.2) is 4.98 Å².